The van der Waals surface area contributed by atoms with Gasteiger partial charge in [-0.15, -0.1) is 11.6 Å². The summed E-state index contributed by atoms with van der Waals surface area (Å²) in [6.07, 6.45) is 2.76. The standard InChI is InChI=1S/C9H15ClN2/c1-9(2,3)4-8-11-6-7(5-10)12-8/h6H,4-5H2,1-3H3,(H,11,12). The zero-order valence-corrected chi connectivity index (χ0v) is 8.57. The van der Waals surface area contributed by atoms with E-state index in [9.17, 15) is 0 Å². The van der Waals surface area contributed by atoms with E-state index in [0.29, 0.717) is 5.88 Å². The maximum atomic E-state index is 5.64. The van der Waals surface area contributed by atoms with Crippen LogP contribution in [0.1, 0.15) is 32.3 Å². The van der Waals surface area contributed by atoms with Gasteiger partial charge in [-0.3, -0.25) is 0 Å². The topological polar surface area (TPSA) is 28.7 Å². The molecule has 68 valence electrons. The molecular formula is C9H15ClN2. The monoisotopic (exact) mass is 186 g/mol. The molecule has 1 aromatic heterocycles. The number of imidazole rings is 1. The lowest BCUT2D eigenvalue weighted by atomic mass is 9.92. The van der Waals surface area contributed by atoms with Crippen LogP contribution >= 0.6 is 11.6 Å². The first kappa shape index (κ1) is 9.59. The van der Waals surface area contributed by atoms with Crippen LogP contribution in [-0.2, 0) is 12.3 Å². The van der Waals surface area contributed by atoms with E-state index in [1.54, 1.807) is 6.20 Å². The Morgan fingerprint density at radius 3 is 2.58 bits per heavy atom. The molecule has 0 spiro atoms. The highest BCUT2D eigenvalue weighted by Gasteiger charge is 2.13. The van der Waals surface area contributed by atoms with Gasteiger partial charge in [0.15, 0.2) is 0 Å². The average molecular weight is 187 g/mol. The zero-order valence-electron chi connectivity index (χ0n) is 7.82. The minimum Gasteiger partial charge on any atom is -0.345 e. The molecule has 3 heteroatoms. The van der Waals surface area contributed by atoms with E-state index in [1.807, 2.05) is 0 Å². The molecule has 1 heterocycles. The molecule has 0 atom stereocenters. The van der Waals surface area contributed by atoms with E-state index in [-0.39, 0.29) is 5.41 Å². The first-order chi connectivity index (χ1) is 5.51. The third kappa shape index (κ3) is 2.86. The molecule has 0 aliphatic carbocycles. The highest BCUT2D eigenvalue weighted by Crippen LogP contribution is 2.18. The van der Waals surface area contributed by atoms with Crippen molar-refractivity contribution >= 4 is 11.6 Å². The van der Waals surface area contributed by atoms with E-state index in [2.05, 4.69) is 30.7 Å². The summed E-state index contributed by atoms with van der Waals surface area (Å²) in [5, 5.41) is 0. The number of alkyl halides is 1. The molecule has 1 N–H and O–H groups in total. The molecule has 0 saturated carbocycles. The van der Waals surface area contributed by atoms with Crippen LogP contribution < -0.4 is 0 Å². The number of halogens is 1. The molecule has 0 aliphatic rings. The number of aromatic nitrogens is 2. The van der Waals surface area contributed by atoms with Gasteiger partial charge in [0.25, 0.3) is 0 Å². The Bertz CT molecular complexity index is 247. The molecule has 0 aliphatic heterocycles. The lowest BCUT2D eigenvalue weighted by Crippen LogP contribution is -2.10. The van der Waals surface area contributed by atoms with Gasteiger partial charge in [-0.25, -0.2) is 4.98 Å². The zero-order chi connectivity index (χ0) is 9.19. The van der Waals surface area contributed by atoms with Crippen LogP contribution in [-0.4, -0.2) is 9.97 Å². The largest absolute Gasteiger partial charge is 0.345 e. The van der Waals surface area contributed by atoms with Crippen LogP contribution in [0.2, 0.25) is 0 Å². The summed E-state index contributed by atoms with van der Waals surface area (Å²) in [6.45, 7) is 6.57. The van der Waals surface area contributed by atoms with Crippen molar-refractivity contribution in [1.82, 2.24) is 9.97 Å². The van der Waals surface area contributed by atoms with E-state index in [4.69, 9.17) is 11.6 Å². The average Bonchev–Trinajstić information content (AvgIpc) is 2.32. The molecule has 0 saturated heterocycles. The van der Waals surface area contributed by atoms with Crippen LogP contribution in [0.15, 0.2) is 6.20 Å². The van der Waals surface area contributed by atoms with E-state index >= 15 is 0 Å². The minimum atomic E-state index is 0.279. The van der Waals surface area contributed by atoms with Crippen LogP contribution in [0.25, 0.3) is 0 Å². The fraction of sp³-hybridized carbons (Fsp3) is 0.667. The quantitative estimate of drug-likeness (QED) is 0.707. The van der Waals surface area contributed by atoms with E-state index in [0.717, 1.165) is 17.9 Å². The van der Waals surface area contributed by atoms with Crippen LogP contribution in [0.5, 0.6) is 0 Å². The molecule has 0 radical (unpaired) electrons. The molecule has 0 amide bonds. The maximum Gasteiger partial charge on any atom is 0.106 e. The second kappa shape index (κ2) is 3.48. The van der Waals surface area contributed by atoms with Gasteiger partial charge in [-0.1, -0.05) is 20.8 Å². The lowest BCUT2D eigenvalue weighted by Gasteiger charge is -2.15. The van der Waals surface area contributed by atoms with E-state index < -0.39 is 0 Å². The van der Waals surface area contributed by atoms with Crippen molar-refractivity contribution in [3.63, 3.8) is 0 Å². The highest BCUT2D eigenvalue weighted by molar-refractivity contribution is 6.16. The summed E-state index contributed by atoms with van der Waals surface area (Å²) in [5.41, 5.74) is 1.28. The Morgan fingerprint density at radius 2 is 2.17 bits per heavy atom. The first-order valence-electron chi connectivity index (χ1n) is 4.10. The van der Waals surface area contributed by atoms with Gasteiger partial charge in [0, 0.05) is 18.3 Å². The minimum absolute atomic E-state index is 0.279. The lowest BCUT2D eigenvalue weighted by molar-refractivity contribution is 0.402. The number of aromatic amines is 1. The second-order valence-corrected chi connectivity index (χ2v) is 4.49. The number of rotatable bonds is 2. The summed E-state index contributed by atoms with van der Waals surface area (Å²) in [7, 11) is 0. The fourth-order valence-electron chi connectivity index (χ4n) is 1.07. The Hall–Kier alpha value is -0.500. The predicted molar refractivity (Wildman–Crippen MR) is 51.3 cm³/mol. The summed E-state index contributed by atoms with van der Waals surface area (Å²) >= 11 is 5.64. The van der Waals surface area contributed by atoms with Gasteiger partial charge in [0.2, 0.25) is 0 Å². The molecule has 1 rings (SSSR count). The second-order valence-electron chi connectivity index (χ2n) is 4.23. The van der Waals surface area contributed by atoms with Crippen molar-refractivity contribution < 1.29 is 0 Å². The van der Waals surface area contributed by atoms with Crippen molar-refractivity contribution in [1.29, 1.82) is 0 Å². The summed E-state index contributed by atoms with van der Waals surface area (Å²) in [6, 6.07) is 0. The van der Waals surface area contributed by atoms with Crippen molar-refractivity contribution in [2.24, 2.45) is 5.41 Å². The Balaban J connectivity index is 2.64. The van der Waals surface area contributed by atoms with Gasteiger partial charge in [-0.2, -0.15) is 0 Å². The van der Waals surface area contributed by atoms with Crippen LogP contribution in [0.4, 0.5) is 0 Å². The van der Waals surface area contributed by atoms with E-state index in [1.165, 1.54) is 0 Å². The molecule has 0 aromatic carbocycles. The third-order valence-electron chi connectivity index (χ3n) is 1.52. The summed E-state index contributed by atoms with van der Waals surface area (Å²) in [4.78, 5) is 7.41. The molecule has 2 nitrogen and oxygen atoms in total. The van der Waals surface area contributed by atoms with Crippen LogP contribution in [0.3, 0.4) is 0 Å². The molecule has 0 fully saturated rings. The number of hydrogen-bond donors (Lipinski definition) is 1. The number of H-pyrrole nitrogens is 1. The predicted octanol–water partition coefficient (Wildman–Crippen LogP) is 2.74. The maximum absolute atomic E-state index is 5.64. The number of nitrogens with zero attached hydrogens (tertiary/aromatic N) is 1. The van der Waals surface area contributed by atoms with Crippen molar-refractivity contribution in [2.45, 2.75) is 33.1 Å². The van der Waals surface area contributed by atoms with Gasteiger partial charge in [0.1, 0.15) is 5.82 Å². The normalized spacial score (nSPS) is 12.0. The van der Waals surface area contributed by atoms with Gasteiger partial charge < -0.3 is 4.98 Å². The third-order valence-corrected chi connectivity index (χ3v) is 1.81. The van der Waals surface area contributed by atoms with Gasteiger partial charge in [0.05, 0.1) is 5.88 Å². The summed E-state index contributed by atoms with van der Waals surface area (Å²) < 4.78 is 0. The fourth-order valence-corrected chi connectivity index (χ4v) is 1.20. The Morgan fingerprint density at radius 1 is 1.50 bits per heavy atom. The first-order valence-corrected chi connectivity index (χ1v) is 4.63. The smallest absolute Gasteiger partial charge is 0.106 e. The molecule has 12 heavy (non-hydrogen) atoms. The highest BCUT2D eigenvalue weighted by atomic mass is 35.5. The molecule has 0 unspecified atom stereocenters. The van der Waals surface area contributed by atoms with Gasteiger partial charge in [-0.05, 0) is 5.41 Å². The molecule has 1 aromatic rings. The number of nitrogens with one attached hydrogen (secondary N) is 1. The summed E-state index contributed by atoms with van der Waals surface area (Å²) in [5.74, 6) is 1.54. The Labute approximate surface area is 78.4 Å². The van der Waals surface area contributed by atoms with Crippen LogP contribution in [0, 0.1) is 5.41 Å². The van der Waals surface area contributed by atoms with Crippen molar-refractivity contribution in [3.05, 3.63) is 17.7 Å². The molecular weight excluding hydrogens is 172 g/mol. The van der Waals surface area contributed by atoms with Gasteiger partial charge >= 0.3 is 0 Å². The SMILES string of the molecule is CC(C)(C)Cc1ncc(CCl)[nH]1. The van der Waals surface area contributed by atoms with Crippen molar-refractivity contribution in [3.8, 4) is 0 Å². The van der Waals surface area contributed by atoms with Crippen molar-refractivity contribution in [2.75, 3.05) is 0 Å². The number of hydrogen-bond acceptors (Lipinski definition) is 1. The Kier molecular flexibility index (Phi) is 2.78. The molecule has 0 bridgehead atoms.